The number of aliphatic hydroxyl groups excluding tert-OH is 1. The third-order valence-corrected chi connectivity index (χ3v) is 2.30. The molecule has 0 radical (unpaired) electrons. The lowest BCUT2D eigenvalue weighted by molar-refractivity contribution is -0.139. The fourth-order valence-electron chi connectivity index (χ4n) is 1.17. The van der Waals surface area contributed by atoms with Gasteiger partial charge in [-0.15, -0.1) is 6.58 Å². The predicted octanol–water partition coefficient (Wildman–Crippen LogP) is 2.49. The molecule has 0 aromatic rings. The minimum absolute atomic E-state index is 0.164. The van der Waals surface area contributed by atoms with Gasteiger partial charge in [0.2, 0.25) is 0 Å². The van der Waals surface area contributed by atoms with Crippen LogP contribution in [0, 0.1) is 5.92 Å². The van der Waals surface area contributed by atoms with Gasteiger partial charge >= 0.3 is 0 Å². The van der Waals surface area contributed by atoms with Crippen molar-refractivity contribution in [2.75, 3.05) is 26.8 Å². The summed E-state index contributed by atoms with van der Waals surface area (Å²) in [5, 5.41) is 8.94. The quantitative estimate of drug-likeness (QED) is 0.332. The highest BCUT2D eigenvalue weighted by Crippen LogP contribution is 2.06. The Labute approximate surface area is 110 Å². The van der Waals surface area contributed by atoms with Crippen LogP contribution in [0.1, 0.15) is 26.7 Å². The van der Waals surface area contributed by atoms with Gasteiger partial charge in [0.25, 0.3) is 0 Å². The van der Waals surface area contributed by atoms with Crippen LogP contribution in [0.3, 0.4) is 0 Å². The van der Waals surface area contributed by atoms with E-state index in [0.717, 1.165) is 12.8 Å². The molecule has 0 amide bonds. The van der Waals surface area contributed by atoms with Crippen molar-refractivity contribution in [2.45, 2.75) is 32.8 Å². The largest absolute Gasteiger partial charge is 0.396 e. The molecule has 0 saturated heterocycles. The average Bonchev–Trinajstić information content (AvgIpc) is 2.36. The van der Waals surface area contributed by atoms with E-state index in [9.17, 15) is 0 Å². The van der Waals surface area contributed by atoms with Crippen LogP contribution in [0.5, 0.6) is 0 Å². The van der Waals surface area contributed by atoms with E-state index in [1.807, 2.05) is 26.0 Å². The first-order valence-corrected chi connectivity index (χ1v) is 6.36. The van der Waals surface area contributed by atoms with Crippen LogP contribution < -0.4 is 0 Å². The van der Waals surface area contributed by atoms with Gasteiger partial charge in [-0.3, -0.25) is 0 Å². The van der Waals surface area contributed by atoms with E-state index in [1.54, 1.807) is 6.08 Å². The Morgan fingerprint density at radius 2 is 1.94 bits per heavy atom. The second kappa shape index (κ2) is 12.8. The van der Waals surface area contributed by atoms with E-state index >= 15 is 0 Å². The number of aliphatic hydroxyl groups is 1. The summed E-state index contributed by atoms with van der Waals surface area (Å²) in [5.74, 6) is 0.187. The second-order valence-corrected chi connectivity index (χ2v) is 4.25. The third-order valence-electron chi connectivity index (χ3n) is 2.30. The number of hydrogen-bond acceptors (Lipinski definition) is 4. The van der Waals surface area contributed by atoms with Crippen LogP contribution in [-0.4, -0.2) is 38.0 Å². The van der Waals surface area contributed by atoms with Gasteiger partial charge in [-0.1, -0.05) is 18.2 Å². The van der Waals surface area contributed by atoms with Crippen molar-refractivity contribution in [3.05, 3.63) is 24.8 Å². The molecule has 0 rings (SSSR count). The summed E-state index contributed by atoms with van der Waals surface area (Å²) in [6.07, 6.45) is 7.77. The summed E-state index contributed by atoms with van der Waals surface area (Å²) in [4.78, 5) is 0. The van der Waals surface area contributed by atoms with Gasteiger partial charge in [0.15, 0.2) is 0 Å². The topological polar surface area (TPSA) is 47.9 Å². The summed E-state index contributed by atoms with van der Waals surface area (Å²) >= 11 is 0. The molecule has 0 spiro atoms. The van der Waals surface area contributed by atoms with E-state index in [2.05, 4.69) is 6.58 Å². The summed E-state index contributed by atoms with van der Waals surface area (Å²) < 4.78 is 15.5. The summed E-state index contributed by atoms with van der Waals surface area (Å²) in [7, 11) is 0. The molecule has 0 aliphatic carbocycles. The molecular weight excluding hydrogens is 232 g/mol. The third kappa shape index (κ3) is 11.8. The normalized spacial score (nSPS) is 13.3. The van der Waals surface area contributed by atoms with E-state index in [1.165, 1.54) is 0 Å². The lowest BCUT2D eigenvalue weighted by atomic mass is 10.0. The summed E-state index contributed by atoms with van der Waals surface area (Å²) in [6.45, 7) is 8.77. The Balaban J connectivity index is 3.25. The molecule has 0 aromatic carbocycles. The molecule has 4 nitrogen and oxygen atoms in total. The maximum atomic E-state index is 8.94. The first-order valence-electron chi connectivity index (χ1n) is 6.36. The molecule has 0 aliphatic rings. The fourth-order valence-corrected chi connectivity index (χ4v) is 1.17. The monoisotopic (exact) mass is 258 g/mol. The minimum Gasteiger partial charge on any atom is -0.396 e. The zero-order valence-corrected chi connectivity index (χ0v) is 11.5. The molecule has 18 heavy (non-hydrogen) atoms. The Kier molecular flexibility index (Phi) is 12.3. The molecule has 106 valence electrons. The molecule has 1 unspecified atom stereocenters. The fraction of sp³-hybridized carbons (Fsp3) is 0.714. The molecule has 0 heterocycles. The highest BCUT2D eigenvalue weighted by molar-refractivity contribution is 4.85. The Hall–Kier alpha value is -0.680. The van der Waals surface area contributed by atoms with E-state index in [4.69, 9.17) is 19.3 Å². The highest BCUT2D eigenvalue weighted by atomic mass is 16.7. The van der Waals surface area contributed by atoms with Gasteiger partial charge in [0, 0.05) is 6.61 Å². The Morgan fingerprint density at radius 1 is 1.17 bits per heavy atom. The number of allylic oxidation sites excluding steroid dienone is 1. The molecule has 0 aromatic heterocycles. The van der Waals surface area contributed by atoms with Gasteiger partial charge in [0.05, 0.1) is 12.7 Å². The van der Waals surface area contributed by atoms with Gasteiger partial charge in [0.1, 0.15) is 13.6 Å². The molecule has 0 saturated carbocycles. The standard InChI is InChI=1S/C14H26O4/c1-4-14(10-15)8-6-5-7-9-16-11-17-12-18-13(2)3/h4-5,7,13-15H,1,6,8-12H2,2-3H3/b7-5+. The van der Waals surface area contributed by atoms with Crippen LogP contribution in [0.25, 0.3) is 0 Å². The minimum atomic E-state index is 0.164. The molecule has 1 atom stereocenters. The molecule has 1 N–H and O–H groups in total. The SMILES string of the molecule is C=CC(CO)CC/C=C/COCOCOC(C)C. The van der Waals surface area contributed by atoms with Gasteiger partial charge < -0.3 is 19.3 Å². The van der Waals surface area contributed by atoms with Crippen molar-refractivity contribution in [2.24, 2.45) is 5.92 Å². The smallest absolute Gasteiger partial charge is 0.150 e. The zero-order chi connectivity index (χ0) is 13.6. The van der Waals surface area contributed by atoms with Crippen LogP contribution in [0.15, 0.2) is 24.8 Å². The number of rotatable bonds is 12. The van der Waals surface area contributed by atoms with Crippen molar-refractivity contribution in [3.63, 3.8) is 0 Å². The second-order valence-electron chi connectivity index (χ2n) is 4.25. The van der Waals surface area contributed by atoms with E-state index < -0.39 is 0 Å². The highest BCUT2D eigenvalue weighted by Gasteiger charge is 1.98. The molecule has 0 bridgehead atoms. The van der Waals surface area contributed by atoms with Crippen molar-refractivity contribution in [3.8, 4) is 0 Å². The number of hydrogen-bond donors (Lipinski definition) is 1. The van der Waals surface area contributed by atoms with Crippen LogP contribution >= 0.6 is 0 Å². The molecule has 0 fully saturated rings. The molecule has 4 heteroatoms. The van der Waals surface area contributed by atoms with Crippen LogP contribution in [-0.2, 0) is 14.2 Å². The summed E-state index contributed by atoms with van der Waals surface area (Å²) in [6, 6.07) is 0. The lowest BCUT2D eigenvalue weighted by Crippen LogP contribution is -2.09. The van der Waals surface area contributed by atoms with Crippen LogP contribution in [0.4, 0.5) is 0 Å². The van der Waals surface area contributed by atoms with E-state index in [-0.39, 0.29) is 32.2 Å². The Morgan fingerprint density at radius 3 is 2.56 bits per heavy atom. The zero-order valence-electron chi connectivity index (χ0n) is 11.5. The maximum absolute atomic E-state index is 8.94. The predicted molar refractivity (Wildman–Crippen MR) is 72.1 cm³/mol. The molecular formula is C14H26O4. The summed E-state index contributed by atoms with van der Waals surface area (Å²) in [5.41, 5.74) is 0. The van der Waals surface area contributed by atoms with E-state index in [0.29, 0.717) is 6.61 Å². The first kappa shape index (κ1) is 17.3. The average molecular weight is 258 g/mol. The maximum Gasteiger partial charge on any atom is 0.150 e. The van der Waals surface area contributed by atoms with Crippen molar-refractivity contribution < 1.29 is 19.3 Å². The van der Waals surface area contributed by atoms with Crippen LogP contribution in [0.2, 0.25) is 0 Å². The lowest BCUT2D eigenvalue weighted by Gasteiger charge is -2.07. The number of ether oxygens (including phenoxy) is 3. The molecule has 0 aliphatic heterocycles. The van der Waals surface area contributed by atoms with Crippen molar-refractivity contribution in [1.82, 2.24) is 0 Å². The Bertz CT molecular complexity index is 214. The van der Waals surface area contributed by atoms with Gasteiger partial charge in [-0.05, 0) is 32.6 Å². The van der Waals surface area contributed by atoms with Gasteiger partial charge in [-0.25, -0.2) is 0 Å². The van der Waals surface area contributed by atoms with Crippen molar-refractivity contribution >= 4 is 0 Å². The van der Waals surface area contributed by atoms with Crippen molar-refractivity contribution in [1.29, 1.82) is 0 Å². The first-order chi connectivity index (χ1) is 8.70. The van der Waals surface area contributed by atoms with Gasteiger partial charge in [-0.2, -0.15) is 0 Å².